The van der Waals surface area contributed by atoms with Crippen LogP contribution in [-0.4, -0.2) is 46.1 Å². The van der Waals surface area contributed by atoms with Crippen molar-refractivity contribution in [3.63, 3.8) is 0 Å². The molecule has 1 aliphatic rings. The van der Waals surface area contributed by atoms with Gasteiger partial charge < -0.3 is 21.7 Å². The van der Waals surface area contributed by atoms with E-state index in [1.54, 1.807) is 18.2 Å². The van der Waals surface area contributed by atoms with Crippen LogP contribution in [0.15, 0.2) is 42.5 Å². The van der Waals surface area contributed by atoms with Gasteiger partial charge in [-0.2, -0.15) is 5.10 Å². The van der Waals surface area contributed by atoms with Crippen molar-refractivity contribution < 1.29 is 18.8 Å². The maximum Gasteiger partial charge on any atom is 0.273 e. The number of rotatable bonds is 7. The Balaban J connectivity index is 1.58. The van der Waals surface area contributed by atoms with Gasteiger partial charge in [0.05, 0.1) is 6.54 Å². The van der Waals surface area contributed by atoms with Crippen LogP contribution >= 0.6 is 0 Å². The molecule has 3 amide bonds. The molecular weight excluding hydrogens is 463 g/mol. The number of hydrogen-bond donors (Lipinski definition) is 4. The number of nitrogens with zero attached hydrogens (tertiary/aromatic N) is 2. The van der Waals surface area contributed by atoms with Gasteiger partial charge in [-0.25, -0.2) is 4.39 Å². The lowest BCUT2D eigenvalue weighted by atomic mass is 9.86. The molecular formula is C26H31FN6O3. The van der Waals surface area contributed by atoms with Crippen molar-refractivity contribution in [1.82, 2.24) is 25.7 Å². The number of benzene rings is 2. The average molecular weight is 495 g/mol. The number of para-hydroxylation sites is 1. The van der Waals surface area contributed by atoms with Crippen molar-refractivity contribution in [3.05, 3.63) is 59.5 Å². The fourth-order valence-electron chi connectivity index (χ4n) is 4.30. The molecule has 5 N–H and O–H groups in total. The molecule has 9 nitrogen and oxygen atoms in total. The fraction of sp³-hybridized carbons (Fsp3) is 0.385. The third kappa shape index (κ3) is 5.48. The van der Waals surface area contributed by atoms with Crippen LogP contribution in [0.25, 0.3) is 10.9 Å². The first kappa shape index (κ1) is 25.2. The van der Waals surface area contributed by atoms with Gasteiger partial charge in [-0.3, -0.25) is 19.1 Å². The number of halogens is 1. The lowest BCUT2D eigenvalue weighted by molar-refractivity contribution is -0.125. The first-order valence-corrected chi connectivity index (χ1v) is 11.9. The van der Waals surface area contributed by atoms with Gasteiger partial charge in [0.25, 0.3) is 5.91 Å². The molecule has 1 saturated heterocycles. The number of amides is 3. The van der Waals surface area contributed by atoms with Gasteiger partial charge in [-0.1, -0.05) is 45.0 Å². The molecule has 10 heteroatoms. The number of fused-ring (bicyclic) bond motifs is 1. The standard InChI is InChI=1S/C26H31FN6O3/c1-26(2,3)23(25(36)29-13-17-11-12-20(34)30-17)31-24(35)21-18-5-4-6-19(27)22(18)33(32-21)14-15-7-9-16(28)10-8-15/h4-10,17,23H,11-14,28H2,1-3H3,(H,29,36)(H,30,34)(H,31,35)/t17-,23?/m0/s1. The summed E-state index contributed by atoms with van der Waals surface area (Å²) in [7, 11) is 0. The second-order valence-electron chi connectivity index (χ2n) is 10.2. The lowest BCUT2D eigenvalue weighted by Crippen LogP contribution is -2.55. The summed E-state index contributed by atoms with van der Waals surface area (Å²) in [5.74, 6) is -1.48. The molecule has 3 aromatic rings. The number of nitrogens with one attached hydrogen (secondary N) is 3. The van der Waals surface area contributed by atoms with Crippen molar-refractivity contribution in [3.8, 4) is 0 Å². The molecule has 2 atom stereocenters. The highest BCUT2D eigenvalue weighted by atomic mass is 19.1. The summed E-state index contributed by atoms with van der Waals surface area (Å²) in [6, 6.07) is 10.6. The molecule has 0 saturated carbocycles. The summed E-state index contributed by atoms with van der Waals surface area (Å²) >= 11 is 0. The second kappa shape index (κ2) is 9.96. The summed E-state index contributed by atoms with van der Waals surface area (Å²) in [5.41, 5.74) is 6.83. The molecule has 2 heterocycles. The highest BCUT2D eigenvalue weighted by Gasteiger charge is 2.35. The highest BCUT2D eigenvalue weighted by Crippen LogP contribution is 2.25. The zero-order valence-corrected chi connectivity index (χ0v) is 20.6. The van der Waals surface area contributed by atoms with Crippen molar-refractivity contribution in [1.29, 1.82) is 0 Å². The van der Waals surface area contributed by atoms with E-state index in [4.69, 9.17) is 5.73 Å². The molecule has 0 aliphatic carbocycles. The number of carbonyl (C=O) groups excluding carboxylic acids is 3. The smallest absolute Gasteiger partial charge is 0.273 e. The second-order valence-corrected chi connectivity index (χ2v) is 10.2. The van der Waals surface area contributed by atoms with E-state index in [9.17, 15) is 18.8 Å². The molecule has 1 unspecified atom stereocenters. The maximum atomic E-state index is 14.8. The summed E-state index contributed by atoms with van der Waals surface area (Å²) in [5, 5.41) is 13.2. The van der Waals surface area contributed by atoms with Crippen LogP contribution in [0, 0.1) is 11.2 Å². The van der Waals surface area contributed by atoms with E-state index in [1.807, 2.05) is 32.9 Å². The van der Waals surface area contributed by atoms with E-state index in [0.717, 1.165) is 5.56 Å². The number of nitrogen functional groups attached to an aromatic ring is 1. The Morgan fingerprint density at radius 1 is 1.22 bits per heavy atom. The first-order valence-electron chi connectivity index (χ1n) is 11.9. The first-order chi connectivity index (χ1) is 17.0. The van der Waals surface area contributed by atoms with Crippen LogP contribution in [0.5, 0.6) is 0 Å². The minimum atomic E-state index is -0.882. The van der Waals surface area contributed by atoms with Crippen LogP contribution in [0.4, 0.5) is 10.1 Å². The highest BCUT2D eigenvalue weighted by molar-refractivity contribution is 6.06. The van der Waals surface area contributed by atoms with E-state index < -0.39 is 23.2 Å². The molecule has 2 aromatic carbocycles. The van der Waals surface area contributed by atoms with Gasteiger partial charge in [0.1, 0.15) is 17.4 Å². The third-order valence-corrected chi connectivity index (χ3v) is 6.26. The van der Waals surface area contributed by atoms with Crippen molar-refractivity contribution in [2.24, 2.45) is 5.41 Å². The minimum Gasteiger partial charge on any atom is -0.399 e. The minimum absolute atomic E-state index is 0.0325. The van der Waals surface area contributed by atoms with Crippen molar-refractivity contribution in [2.75, 3.05) is 12.3 Å². The zero-order chi connectivity index (χ0) is 26.0. The van der Waals surface area contributed by atoms with E-state index in [-0.39, 0.29) is 42.2 Å². The molecule has 0 radical (unpaired) electrons. The predicted molar refractivity (Wildman–Crippen MR) is 135 cm³/mol. The largest absolute Gasteiger partial charge is 0.399 e. The number of nitrogens with two attached hydrogens (primary N) is 1. The Morgan fingerprint density at radius 2 is 1.94 bits per heavy atom. The molecule has 0 bridgehead atoms. The SMILES string of the molecule is CC(C)(C)C(NC(=O)c1nn(Cc2ccc(N)cc2)c2c(F)cccc12)C(=O)NC[C@@H]1CCC(=O)N1. The van der Waals surface area contributed by atoms with Crippen LogP contribution in [0.2, 0.25) is 0 Å². The number of carbonyl (C=O) groups is 3. The summed E-state index contributed by atoms with van der Waals surface area (Å²) in [6.45, 7) is 6.03. The van der Waals surface area contributed by atoms with Gasteiger partial charge in [-0.05, 0) is 35.6 Å². The summed E-state index contributed by atoms with van der Waals surface area (Å²) in [4.78, 5) is 37.9. The zero-order valence-electron chi connectivity index (χ0n) is 20.6. The molecule has 36 heavy (non-hydrogen) atoms. The topological polar surface area (TPSA) is 131 Å². The molecule has 4 rings (SSSR count). The maximum absolute atomic E-state index is 14.8. The monoisotopic (exact) mass is 494 g/mol. The molecule has 190 valence electrons. The average Bonchev–Trinajstić information content (AvgIpc) is 3.40. The van der Waals surface area contributed by atoms with Crippen LogP contribution in [0.3, 0.4) is 0 Å². The Bertz CT molecular complexity index is 1300. The van der Waals surface area contributed by atoms with Gasteiger partial charge >= 0.3 is 0 Å². The van der Waals surface area contributed by atoms with Gasteiger partial charge in [-0.15, -0.1) is 0 Å². The Hall–Kier alpha value is -3.95. The van der Waals surface area contributed by atoms with Crippen LogP contribution in [-0.2, 0) is 16.1 Å². The Labute approximate surface area is 208 Å². The fourth-order valence-corrected chi connectivity index (χ4v) is 4.30. The lowest BCUT2D eigenvalue weighted by Gasteiger charge is -2.30. The van der Waals surface area contributed by atoms with Gasteiger partial charge in [0.2, 0.25) is 11.8 Å². The number of anilines is 1. The van der Waals surface area contributed by atoms with Gasteiger partial charge in [0, 0.05) is 30.1 Å². The quantitative estimate of drug-likeness (QED) is 0.375. The Morgan fingerprint density at radius 3 is 2.58 bits per heavy atom. The third-order valence-electron chi connectivity index (χ3n) is 6.26. The normalized spacial score (nSPS) is 16.6. The van der Waals surface area contributed by atoms with Crippen molar-refractivity contribution in [2.45, 2.75) is 52.2 Å². The number of hydrogen-bond acceptors (Lipinski definition) is 5. The van der Waals surface area contributed by atoms with E-state index >= 15 is 0 Å². The number of aromatic nitrogens is 2. The summed E-state index contributed by atoms with van der Waals surface area (Å²) < 4.78 is 16.3. The molecule has 1 fully saturated rings. The van der Waals surface area contributed by atoms with E-state index in [2.05, 4.69) is 21.0 Å². The molecule has 0 spiro atoms. The van der Waals surface area contributed by atoms with E-state index in [0.29, 0.717) is 23.9 Å². The predicted octanol–water partition coefficient (Wildman–Crippen LogP) is 2.35. The Kier molecular flexibility index (Phi) is 6.96. The van der Waals surface area contributed by atoms with Crippen molar-refractivity contribution >= 4 is 34.3 Å². The summed E-state index contributed by atoms with van der Waals surface area (Å²) in [6.07, 6.45) is 1.08. The van der Waals surface area contributed by atoms with Gasteiger partial charge in [0.15, 0.2) is 5.69 Å². The molecule has 1 aliphatic heterocycles. The van der Waals surface area contributed by atoms with Crippen LogP contribution in [0.1, 0.15) is 49.7 Å². The van der Waals surface area contributed by atoms with Crippen LogP contribution < -0.4 is 21.7 Å². The van der Waals surface area contributed by atoms with E-state index in [1.165, 1.54) is 16.8 Å². The molecule has 1 aromatic heterocycles.